The summed E-state index contributed by atoms with van der Waals surface area (Å²) < 4.78 is 0.989. The summed E-state index contributed by atoms with van der Waals surface area (Å²) in [6, 6.07) is 7.25. The number of carboxylic acids is 1. The first kappa shape index (κ1) is 14.9. The number of nitrogens with zero attached hydrogens (tertiary/aromatic N) is 1. The van der Waals surface area contributed by atoms with E-state index in [1.807, 2.05) is 38.1 Å². The largest absolute Gasteiger partial charge is 0.480 e. The zero-order valence-corrected chi connectivity index (χ0v) is 13.0. The fraction of sp³-hybridized carbons (Fsp3) is 0.333. The number of carboxylic acid groups (broad SMARTS) is 1. The van der Waals surface area contributed by atoms with Crippen molar-refractivity contribution < 1.29 is 9.90 Å². The van der Waals surface area contributed by atoms with E-state index >= 15 is 0 Å². The number of hydrogen-bond acceptors (Lipinski definition) is 3. The van der Waals surface area contributed by atoms with Gasteiger partial charge in [0.25, 0.3) is 0 Å². The van der Waals surface area contributed by atoms with Gasteiger partial charge in [-0.25, -0.2) is 0 Å². The molecule has 0 saturated heterocycles. The molecule has 0 unspecified atom stereocenters. The molecule has 0 aliphatic carbocycles. The smallest absolute Gasteiger partial charge is 0.320 e. The van der Waals surface area contributed by atoms with Gasteiger partial charge in [-0.15, -0.1) is 0 Å². The van der Waals surface area contributed by atoms with Crippen LogP contribution in [0.5, 0.6) is 0 Å². The summed E-state index contributed by atoms with van der Waals surface area (Å²) in [7, 11) is 0. The number of rotatable bonds is 5. The minimum absolute atomic E-state index is 0.0298. The second kappa shape index (κ2) is 6.33. The van der Waals surface area contributed by atoms with Gasteiger partial charge in [-0.05, 0) is 23.6 Å². The van der Waals surface area contributed by atoms with Gasteiger partial charge in [0.05, 0.1) is 5.52 Å². The Morgan fingerprint density at radius 2 is 2.15 bits per heavy atom. The van der Waals surface area contributed by atoms with Crippen LogP contribution in [0.15, 0.2) is 34.9 Å². The first-order valence-electron chi connectivity index (χ1n) is 6.49. The van der Waals surface area contributed by atoms with Crippen LogP contribution in [0.4, 0.5) is 0 Å². The average molecular weight is 337 g/mol. The Bertz CT molecular complexity index is 628. The zero-order chi connectivity index (χ0) is 14.7. The molecule has 0 aliphatic rings. The first-order chi connectivity index (χ1) is 9.50. The van der Waals surface area contributed by atoms with Crippen LogP contribution in [0, 0.1) is 5.92 Å². The molecule has 20 heavy (non-hydrogen) atoms. The van der Waals surface area contributed by atoms with E-state index in [-0.39, 0.29) is 5.92 Å². The normalized spacial score (nSPS) is 12.8. The Kier molecular flexibility index (Phi) is 4.73. The van der Waals surface area contributed by atoms with E-state index in [4.69, 9.17) is 0 Å². The quantitative estimate of drug-likeness (QED) is 0.880. The standard InChI is InChI=1S/C15H17BrN2O2/c1-9(2)13(15(19)20)18-8-10-5-6-12(16)11-4-3-7-17-14(10)11/h3-7,9,13,18H,8H2,1-2H3,(H,19,20)/t13-/m1/s1. The van der Waals surface area contributed by atoms with Crippen LogP contribution >= 0.6 is 15.9 Å². The molecule has 0 radical (unpaired) electrons. The van der Waals surface area contributed by atoms with Gasteiger partial charge in [0.2, 0.25) is 0 Å². The van der Waals surface area contributed by atoms with Crippen molar-refractivity contribution in [2.75, 3.05) is 0 Å². The maximum atomic E-state index is 11.2. The monoisotopic (exact) mass is 336 g/mol. The SMILES string of the molecule is CC(C)[C@@H](NCc1ccc(Br)c2cccnc12)C(=O)O. The van der Waals surface area contributed by atoms with Crippen LogP contribution in [0.2, 0.25) is 0 Å². The van der Waals surface area contributed by atoms with Crippen molar-refractivity contribution in [1.82, 2.24) is 10.3 Å². The van der Waals surface area contributed by atoms with Gasteiger partial charge >= 0.3 is 5.97 Å². The Labute approximate surface area is 126 Å². The molecule has 106 valence electrons. The molecule has 2 aromatic rings. The van der Waals surface area contributed by atoms with E-state index in [1.54, 1.807) is 6.20 Å². The fourth-order valence-corrected chi connectivity index (χ4v) is 2.62. The highest BCUT2D eigenvalue weighted by molar-refractivity contribution is 9.10. The summed E-state index contributed by atoms with van der Waals surface area (Å²) in [5.74, 6) is -0.795. The second-order valence-electron chi connectivity index (χ2n) is 5.05. The van der Waals surface area contributed by atoms with Crippen LogP contribution in [0.25, 0.3) is 10.9 Å². The van der Waals surface area contributed by atoms with Crippen LogP contribution < -0.4 is 5.32 Å². The second-order valence-corrected chi connectivity index (χ2v) is 5.90. The summed E-state index contributed by atoms with van der Waals surface area (Å²) in [5.41, 5.74) is 1.89. The highest BCUT2D eigenvalue weighted by Crippen LogP contribution is 2.25. The third-order valence-corrected chi connectivity index (χ3v) is 3.94. The van der Waals surface area contributed by atoms with Crippen LogP contribution in [-0.2, 0) is 11.3 Å². The highest BCUT2D eigenvalue weighted by Gasteiger charge is 2.20. The summed E-state index contributed by atoms with van der Waals surface area (Å²) in [6.07, 6.45) is 1.75. The number of nitrogens with one attached hydrogen (secondary N) is 1. The van der Waals surface area contributed by atoms with Crippen LogP contribution in [-0.4, -0.2) is 22.1 Å². The number of pyridine rings is 1. The van der Waals surface area contributed by atoms with Crippen molar-refractivity contribution in [3.63, 3.8) is 0 Å². The van der Waals surface area contributed by atoms with Crippen molar-refractivity contribution in [2.45, 2.75) is 26.4 Å². The molecule has 0 bridgehead atoms. The molecule has 4 nitrogen and oxygen atoms in total. The van der Waals surface area contributed by atoms with E-state index in [9.17, 15) is 9.90 Å². The molecule has 1 aromatic heterocycles. The van der Waals surface area contributed by atoms with Gasteiger partial charge in [0.15, 0.2) is 0 Å². The van der Waals surface area contributed by atoms with Crippen molar-refractivity contribution in [1.29, 1.82) is 0 Å². The molecular formula is C15H17BrN2O2. The Hall–Kier alpha value is -1.46. The summed E-state index contributed by atoms with van der Waals surface area (Å²) in [4.78, 5) is 15.6. The number of aliphatic carboxylic acids is 1. The minimum atomic E-state index is -0.825. The number of benzene rings is 1. The lowest BCUT2D eigenvalue weighted by atomic mass is 10.0. The van der Waals surface area contributed by atoms with Crippen molar-refractivity contribution in [3.05, 3.63) is 40.5 Å². The summed E-state index contributed by atoms with van der Waals surface area (Å²) in [6.45, 7) is 4.27. The molecule has 1 aromatic carbocycles. The molecule has 5 heteroatoms. The van der Waals surface area contributed by atoms with E-state index in [0.717, 1.165) is 20.9 Å². The number of aromatic nitrogens is 1. The molecule has 1 heterocycles. The van der Waals surface area contributed by atoms with Crippen molar-refractivity contribution >= 4 is 32.8 Å². The fourth-order valence-electron chi connectivity index (χ4n) is 2.17. The number of carbonyl (C=O) groups is 1. The lowest BCUT2D eigenvalue weighted by Gasteiger charge is -2.18. The lowest BCUT2D eigenvalue weighted by molar-refractivity contribution is -0.140. The van der Waals surface area contributed by atoms with E-state index < -0.39 is 12.0 Å². The van der Waals surface area contributed by atoms with E-state index in [2.05, 4.69) is 26.2 Å². The topological polar surface area (TPSA) is 62.2 Å². The van der Waals surface area contributed by atoms with Gasteiger partial charge in [-0.3, -0.25) is 9.78 Å². The lowest BCUT2D eigenvalue weighted by Crippen LogP contribution is -2.40. The molecule has 0 amide bonds. The summed E-state index contributed by atoms with van der Waals surface area (Å²) in [5, 5.41) is 13.3. The van der Waals surface area contributed by atoms with Gasteiger partial charge in [-0.1, -0.05) is 41.9 Å². The number of hydrogen-bond donors (Lipinski definition) is 2. The predicted octanol–water partition coefficient (Wildman–Crippen LogP) is 3.20. The van der Waals surface area contributed by atoms with Crippen LogP contribution in [0.1, 0.15) is 19.4 Å². The first-order valence-corrected chi connectivity index (χ1v) is 7.28. The van der Waals surface area contributed by atoms with Gasteiger partial charge in [0.1, 0.15) is 6.04 Å². The highest BCUT2D eigenvalue weighted by atomic mass is 79.9. The van der Waals surface area contributed by atoms with Gasteiger partial charge in [-0.2, -0.15) is 0 Å². The predicted molar refractivity (Wildman–Crippen MR) is 82.5 cm³/mol. The molecule has 0 saturated carbocycles. The Balaban J connectivity index is 2.26. The van der Waals surface area contributed by atoms with Crippen molar-refractivity contribution in [2.24, 2.45) is 5.92 Å². The number of halogens is 1. The molecule has 0 aliphatic heterocycles. The minimum Gasteiger partial charge on any atom is -0.480 e. The summed E-state index contributed by atoms with van der Waals surface area (Å²) >= 11 is 3.50. The average Bonchev–Trinajstić information content (AvgIpc) is 2.41. The zero-order valence-electron chi connectivity index (χ0n) is 11.4. The molecule has 2 rings (SSSR count). The van der Waals surface area contributed by atoms with E-state index in [0.29, 0.717) is 6.54 Å². The Morgan fingerprint density at radius 1 is 1.40 bits per heavy atom. The molecule has 0 fully saturated rings. The van der Waals surface area contributed by atoms with Crippen molar-refractivity contribution in [3.8, 4) is 0 Å². The molecular weight excluding hydrogens is 320 g/mol. The third-order valence-electron chi connectivity index (χ3n) is 3.25. The maximum absolute atomic E-state index is 11.2. The maximum Gasteiger partial charge on any atom is 0.320 e. The number of fused-ring (bicyclic) bond motifs is 1. The molecule has 1 atom stereocenters. The van der Waals surface area contributed by atoms with Crippen LogP contribution in [0.3, 0.4) is 0 Å². The van der Waals surface area contributed by atoms with Gasteiger partial charge < -0.3 is 10.4 Å². The molecule has 0 spiro atoms. The molecule has 2 N–H and O–H groups in total. The van der Waals surface area contributed by atoms with Gasteiger partial charge in [0, 0.05) is 22.6 Å². The van der Waals surface area contributed by atoms with E-state index in [1.165, 1.54) is 0 Å². The third kappa shape index (κ3) is 3.16. The Morgan fingerprint density at radius 3 is 2.80 bits per heavy atom.